The standard InChI is InChI=1S/C17H23N5O/c1-14-6-3-4-7-15(14)12-21-8-5-9-22(11-10-21)17(23)16-18-13-20(2)19-16/h3-4,6-7,13H,5,8-12H2,1-2H3. The van der Waals surface area contributed by atoms with Crippen LogP contribution in [-0.2, 0) is 13.6 Å². The molecule has 3 rings (SSSR count). The summed E-state index contributed by atoms with van der Waals surface area (Å²) in [6, 6.07) is 8.49. The molecule has 2 heterocycles. The highest BCUT2D eigenvalue weighted by atomic mass is 16.2. The van der Waals surface area contributed by atoms with Crippen molar-refractivity contribution in [2.45, 2.75) is 19.9 Å². The number of hydrogen-bond acceptors (Lipinski definition) is 4. The molecule has 1 fully saturated rings. The highest BCUT2D eigenvalue weighted by Crippen LogP contribution is 2.13. The molecule has 0 bridgehead atoms. The van der Waals surface area contributed by atoms with Crippen molar-refractivity contribution < 1.29 is 4.79 Å². The molecule has 0 aliphatic carbocycles. The van der Waals surface area contributed by atoms with E-state index < -0.39 is 0 Å². The normalized spacial score (nSPS) is 16.3. The van der Waals surface area contributed by atoms with E-state index in [4.69, 9.17) is 0 Å². The lowest BCUT2D eigenvalue weighted by Crippen LogP contribution is -2.35. The van der Waals surface area contributed by atoms with Crippen LogP contribution in [0.5, 0.6) is 0 Å². The first kappa shape index (κ1) is 15.7. The van der Waals surface area contributed by atoms with E-state index in [1.165, 1.54) is 11.1 Å². The molecule has 0 atom stereocenters. The van der Waals surface area contributed by atoms with Crippen molar-refractivity contribution in [3.8, 4) is 0 Å². The van der Waals surface area contributed by atoms with Crippen molar-refractivity contribution in [1.82, 2.24) is 24.6 Å². The third kappa shape index (κ3) is 3.76. The Morgan fingerprint density at radius 3 is 2.74 bits per heavy atom. The van der Waals surface area contributed by atoms with Gasteiger partial charge in [-0.15, -0.1) is 5.10 Å². The Balaban J connectivity index is 1.61. The fraction of sp³-hybridized carbons (Fsp3) is 0.471. The van der Waals surface area contributed by atoms with Crippen molar-refractivity contribution >= 4 is 5.91 Å². The molecule has 23 heavy (non-hydrogen) atoms. The van der Waals surface area contributed by atoms with Crippen molar-refractivity contribution in [2.75, 3.05) is 26.2 Å². The van der Waals surface area contributed by atoms with Gasteiger partial charge >= 0.3 is 0 Å². The minimum absolute atomic E-state index is 0.0664. The largest absolute Gasteiger partial charge is 0.335 e. The monoisotopic (exact) mass is 313 g/mol. The summed E-state index contributed by atoms with van der Waals surface area (Å²) in [4.78, 5) is 20.8. The molecule has 6 heteroatoms. The maximum absolute atomic E-state index is 12.5. The van der Waals surface area contributed by atoms with E-state index in [1.807, 2.05) is 4.90 Å². The molecule has 0 N–H and O–H groups in total. The Bertz CT molecular complexity index is 681. The molecule has 1 aromatic carbocycles. The maximum Gasteiger partial charge on any atom is 0.293 e. The fourth-order valence-electron chi connectivity index (χ4n) is 2.94. The van der Waals surface area contributed by atoms with Gasteiger partial charge in [0.1, 0.15) is 6.33 Å². The molecular weight excluding hydrogens is 290 g/mol. The average Bonchev–Trinajstić information content (AvgIpc) is 2.84. The number of hydrogen-bond donors (Lipinski definition) is 0. The van der Waals surface area contributed by atoms with Gasteiger partial charge in [-0.25, -0.2) is 4.98 Å². The average molecular weight is 313 g/mol. The molecule has 122 valence electrons. The predicted octanol–water partition coefficient (Wildman–Crippen LogP) is 1.47. The van der Waals surface area contributed by atoms with E-state index in [9.17, 15) is 4.79 Å². The number of amides is 1. The summed E-state index contributed by atoms with van der Waals surface area (Å²) in [5.74, 6) is 0.225. The molecule has 0 unspecified atom stereocenters. The van der Waals surface area contributed by atoms with Gasteiger partial charge in [-0.2, -0.15) is 0 Å². The third-order valence-electron chi connectivity index (χ3n) is 4.32. The van der Waals surface area contributed by atoms with Crippen LogP contribution in [0.2, 0.25) is 0 Å². The lowest BCUT2D eigenvalue weighted by atomic mass is 10.1. The summed E-state index contributed by atoms with van der Waals surface area (Å²) in [7, 11) is 1.77. The van der Waals surface area contributed by atoms with Gasteiger partial charge in [0.25, 0.3) is 5.91 Å². The number of aryl methyl sites for hydroxylation is 2. The molecule has 1 aliphatic heterocycles. The minimum atomic E-state index is -0.0664. The first-order valence-corrected chi connectivity index (χ1v) is 8.05. The minimum Gasteiger partial charge on any atom is -0.335 e. The molecule has 2 aromatic rings. The van der Waals surface area contributed by atoms with Gasteiger partial charge in [0.05, 0.1) is 0 Å². The number of aromatic nitrogens is 3. The van der Waals surface area contributed by atoms with Crippen molar-refractivity contribution in [3.63, 3.8) is 0 Å². The SMILES string of the molecule is Cc1ccccc1CN1CCCN(C(=O)c2ncn(C)n2)CC1. The Kier molecular flexibility index (Phi) is 4.71. The summed E-state index contributed by atoms with van der Waals surface area (Å²) >= 11 is 0. The highest BCUT2D eigenvalue weighted by Gasteiger charge is 2.23. The summed E-state index contributed by atoms with van der Waals surface area (Å²) in [6.45, 7) is 6.47. The summed E-state index contributed by atoms with van der Waals surface area (Å²) in [5, 5.41) is 4.12. The van der Waals surface area contributed by atoms with E-state index >= 15 is 0 Å². The zero-order valence-electron chi connectivity index (χ0n) is 13.8. The van der Waals surface area contributed by atoms with Crippen molar-refractivity contribution in [2.24, 2.45) is 7.05 Å². The third-order valence-corrected chi connectivity index (χ3v) is 4.32. The molecular formula is C17H23N5O. The van der Waals surface area contributed by atoms with E-state index in [0.29, 0.717) is 5.82 Å². The van der Waals surface area contributed by atoms with Crippen LogP contribution in [0, 0.1) is 6.92 Å². The van der Waals surface area contributed by atoms with Crippen LogP contribution < -0.4 is 0 Å². The predicted molar refractivity (Wildman–Crippen MR) is 88.0 cm³/mol. The maximum atomic E-state index is 12.5. The molecule has 1 amide bonds. The van der Waals surface area contributed by atoms with Crippen molar-refractivity contribution in [1.29, 1.82) is 0 Å². The molecule has 0 radical (unpaired) electrons. The first-order valence-electron chi connectivity index (χ1n) is 8.05. The molecule has 0 saturated carbocycles. The highest BCUT2D eigenvalue weighted by molar-refractivity contribution is 5.90. The van der Waals surface area contributed by atoms with E-state index in [-0.39, 0.29) is 5.91 Å². The van der Waals surface area contributed by atoms with Crippen molar-refractivity contribution in [3.05, 3.63) is 47.5 Å². The Labute approximate surface area is 136 Å². The van der Waals surface area contributed by atoms with Gasteiger partial charge in [-0.1, -0.05) is 24.3 Å². The van der Waals surface area contributed by atoms with Gasteiger partial charge in [-0.05, 0) is 24.5 Å². The topological polar surface area (TPSA) is 54.3 Å². The lowest BCUT2D eigenvalue weighted by Gasteiger charge is -2.22. The summed E-state index contributed by atoms with van der Waals surface area (Å²) in [5.41, 5.74) is 2.68. The molecule has 6 nitrogen and oxygen atoms in total. The molecule has 1 saturated heterocycles. The van der Waals surface area contributed by atoms with Crippen LogP contribution >= 0.6 is 0 Å². The van der Waals surface area contributed by atoms with Crippen LogP contribution in [0.4, 0.5) is 0 Å². The smallest absolute Gasteiger partial charge is 0.293 e. The zero-order chi connectivity index (χ0) is 16.2. The Hall–Kier alpha value is -2.21. The number of rotatable bonds is 3. The fourth-order valence-corrected chi connectivity index (χ4v) is 2.94. The van der Waals surface area contributed by atoms with Crippen LogP contribution in [0.1, 0.15) is 28.2 Å². The quantitative estimate of drug-likeness (QED) is 0.861. The van der Waals surface area contributed by atoms with Gasteiger partial charge in [-0.3, -0.25) is 14.4 Å². The number of carbonyl (C=O) groups excluding carboxylic acids is 1. The first-order chi connectivity index (χ1) is 11.1. The summed E-state index contributed by atoms with van der Waals surface area (Å²) < 4.78 is 1.57. The van der Waals surface area contributed by atoms with E-state index in [2.05, 4.69) is 46.2 Å². The number of carbonyl (C=O) groups is 1. The van der Waals surface area contributed by atoms with Gasteiger partial charge in [0.15, 0.2) is 0 Å². The second kappa shape index (κ2) is 6.91. The molecule has 1 aliphatic rings. The van der Waals surface area contributed by atoms with Gasteiger partial charge < -0.3 is 4.90 Å². The number of nitrogens with zero attached hydrogens (tertiary/aromatic N) is 5. The van der Waals surface area contributed by atoms with E-state index in [1.54, 1.807) is 18.1 Å². The second-order valence-electron chi connectivity index (χ2n) is 6.09. The molecule has 0 spiro atoms. The van der Waals surface area contributed by atoms with Gasteiger partial charge in [0, 0.05) is 39.8 Å². The summed E-state index contributed by atoms with van der Waals surface area (Å²) in [6.07, 6.45) is 2.54. The van der Waals surface area contributed by atoms with Crippen LogP contribution in [0.25, 0.3) is 0 Å². The van der Waals surface area contributed by atoms with Gasteiger partial charge in [0.2, 0.25) is 5.82 Å². The Morgan fingerprint density at radius 2 is 2.00 bits per heavy atom. The van der Waals surface area contributed by atoms with Crippen LogP contribution in [0.15, 0.2) is 30.6 Å². The zero-order valence-corrected chi connectivity index (χ0v) is 13.8. The van der Waals surface area contributed by atoms with E-state index in [0.717, 1.165) is 39.1 Å². The van der Waals surface area contributed by atoms with Crippen LogP contribution in [0.3, 0.4) is 0 Å². The molecule has 1 aromatic heterocycles. The van der Waals surface area contributed by atoms with Crippen LogP contribution in [-0.4, -0.2) is 56.7 Å². The second-order valence-corrected chi connectivity index (χ2v) is 6.09. The number of benzene rings is 1. The Morgan fingerprint density at radius 1 is 1.17 bits per heavy atom. The lowest BCUT2D eigenvalue weighted by molar-refractivity contribution is 0.0748.